The van der Waals surface area contributed by atoms with Crippen LogP contribution in [0, 0.1) is 12.7 Å². The number of rotatable bonds is 7. The zero-order valence-electron chi connectivity index (χ0n) is 17.2. The highest BCUT2D eigenvalue weighted by atomic mass is 35.5. The Morgan fingerprint density at radius 3 is 2.65 bits per heavy atom. The van der Waals surface area contributed by atoms with Gasteiger partial charge < -0.3 is 9.88 Å². The van der Waals surface area contributed by atoms with Crippen LogP contribution in [0.3, 0.4) is 0 Å². The summed E-state index contributed by atoms with van der Waals surface area (Å²) in [7, 11) is 0. The van der Waals surface area contributed by atoms with Gasteiger partial charge in [0.2, 0.25) is 0 Å². The number of fused-ring (bicyclic) bond motifs is 1. The van der Waals surface area contributed by atoms with Crippen molar-refractivity contribution >= 4 is 28.5 Å². The third kappa shape index (κ3) is 4.62. The Labute approximate surface area is 185 Å². The molecule has 31 heavy (non-hydrogen) atoms. The van der Waals surface area contributed by atoms with E-state index in [1.807, 2.05) is 60.0 Å². The van der Waals surface area contributed by atoms with Crippen LogP contribution in [-0.2, 0) is 13.0 Å². The number of aromatic nitrogens is 2. The summed E-state index contributed by atoms with van der Waals surface area (Å²) in [5.41, 5.74) is 3.86. The molecule has 6 heteroatoms. The van der Waals surface area contributed by atoms with Crippen LogP contribution >= 0.6 is 11.6 Å². The molecule has 0 radical (unpaired) electrons. The molecule has 0 spiro atoms. The summed E-state index contributed by atoms with van der Waals surface area (Å²) >= 11 is 6.26. The number of aryl methyl sites for hydroxylation is 2. The van der Waals surface area contributed by atoms with Crippen LogP contribution < -0.4 is 5.32 Å². The highest BCUT2D eigenvalue weighted by Gasteiger charge is 2.15. The van der Waals surface area contributed by atoms with Gasteiger partial charge >= 0.3 is 0 Å². The average Bonchev–Trinajstić information content (AvgIpc) is 3.11. The van der Waals surface area contributed by atoms with Gasteiger partial charge in [-0.05, 0) is 49.2 Å². The van der Waals surface area contributed by atoms with Gasteiger partial charge in [-0.3, -0.25) is 4.79 Å². The minimum absolute atomic E-state index is 0.0789. The first-order chi connectivity index (χ1) is 15.0. The molecule has 0 saturated heterocycles. The molecule has 0 unspecified atom stereocenters. The average molecular weight is 436 g/mol. The molecule has 3 aromatic carbocycles. The predicted molar refractivity (Wildman–Crippen MR) is 122 cm³/mol. The summed E-state index contributed by atoms with van der Waals surface area (Å²) < 4.78 is 16.4. The zero-order chi connectivity index (χ0) is 21.8. The fourth-order valence-corrected chi connectivity index (χ4v) is 3.93. The number of imidazole rings is 1. The number of halogens is 2. The topological polar surface area (TPSA) is 46.9 Å². The summed E-state index contributed by atoms with van der Waals surface area (Å²) in [5.74, 6) is 0.428. The molecule has 1 aromatic heterocycles. The molecule has 1 N–H and O–H groups in total. The standard InChI is InChI=1S/C25H23ClFN3O/c1-17-8-2-3-9-18(17)25(31)28-15-7-14-24-29-22-12-4-5-13-23(22)30(24)16-19-20(26)10-6-11-21(19)27/h2-6,8-13H,7,14-16H2,1H3,(H,28,31). The third-order valence-electron chi connectivity index (χ3n) is 5.36. The van der Waals surface area contributed by atoms with Crippen LogP contribution in [0.25, 0.3) is 11.0 Å². The van der Waals surface area contributed by atoms with E-state index >= 15 is 0 Å². The number of carbonyl (C=O) groups is 1. The lowest BCUT2D eigenvalue weighted by molar-refractivity contribution is 0.0952. The highest BCUT2D eigenvalue weighted by Crippen LogP contribution is 2.24. The first kappa shape index (κ1) is 21.1. The second-order valence-corrected chi connectivity index (χ2v) is 7.88. The van der Waals surface area contributed by atoms with Gasteiger partial charge in [0, 0.05) is 29.1 Å². The van der Waals surface area contributed by atoms with Gasteiger partial charge in [-0.1, -0.05) is 48.0 Å². The second-order valence-electron chi connectivity index (χ2n) is 7.48. The Balaban J connectivity index is 1.49. The number of hydrogen-bond acceptors (Lipinski definition) is 2. The maximum atomic E-state index is 14.4. The quantitative estimate of drug-likeness (QED) is 0.387. The SMILES string of the molecule is Cc1ccccc1C(=O)NCCCc1nc2ccccc2n1Cc1c(F)cccc1Cl. The fourth-order valence-electron chi connectivity index (χ4n) is 3.71. The molecule has 0 aliphatic rings. The third-order valence-corrected chi connectivity index (χ3v) is 5.72. The van der Waals surface area contributed by atoms with Crippen molar-refractivity contribution in [3.8, 4) is 0 Å². The molecule has 1 heterocycles. The molecular formula is C25H23ClFN3O. The van der Waals surface area contributed by atoms with Crippen molar-refractivity contribution < 1.29 is 9.18 Å². The van der Waals surface area contributed by atoms with Crippen molar-refractivity contribution in [1.29, 1.82) is 0 Å². The number of para-hydroxylation sites is 2. The second kappa shape index (κ2) is 9.31. The number of benzene rings is 3. The number of hydrogen-bond donors (Lipinski definition) is 1. The van der Waals surface area contributed by atoms with E-state index < -0.39 is 0 Å². The van der Waals surface area contributed by atoms with Crippen LogP contribution in [-0.4, -0.2) is 22.0 Å². The Kier molecular flexibility index (Phi) is 6.33. The van der Waals surface area contributed by atoms with Crippen LogP contribution in [0.15, 0.2) is 66.7 Å². The normalized spacial score (nSPS) is 11.1. The molecule has 0 aliphatic carbocycles. The monoisotopic (exact) mass is 435 g/mol. The van der Waals surface area contributed by atoms with Crippen LogP contribution in [0.5, 0.6) is 0 Å². The van der Waals surface area contributed by atoms with E-state index in [1.165, 1.54) is 6.07 Å². The molecule has 1 amide bonds. The molecule has 0 saturated carbocycles. The van der Waals surface area contributed by atoms with E-state index in [2.05, 4.69) is 5.32 Å². The first-order valence-corrected chi connectivity index (χ1v) is 10.6. The minimum Gasteiger partial charge on any atom is -0.352 e. The Bertz CT molecular complexity index is 1210. The van der Waals surface area contributed by atoms with Crippen molar-refractivity contribution in [2.24, 2.45) is 0 Å². The Morgan fingerprint density at radius 2 is 1.84 bits per heavy atom. The number of carbonyl (C=O) groups excluding carboxylic acids is 1. The van der Waals surface area contributed by atoms with Gasteiger partial charge in [0.05, 0.1) is 17.6 Å². The predicted octanol–water partition coefficient (Wildman–Crippen LogP) is 5.55. The largest absolute Gasteiger partial charge is 0.352 e. The summed E-state index contributed by atoms with van der Waals surface area (Å²) in [6, 6.07) is 20.0. The van der Waals surface area contributed by atoms with Crippen LogP contribution in [0.2, 0.25) is 5.02 Å². The van der Waals surface area contributed by atoms with E-state index in [-0.39, 0.29) is 11.7 Å². The first-order valence-electron chi connectivity index (χ1n) is 10.3. The summed E-state index contributed by atoms with van der Waals surface area (Å²) in [4.78, 5) is 17.2. The molecule has 0 fully saturated rings. The maximum Gasteiger partial charge on any atom is 0.251 e. The molecule has 158 valence electrons. The van der Waals surface area contributed by atoms with E-state index in [4.69, 9.17) is 16.6 Å². The number of nitrogens with zero attached hydrogens (tertiary/aromatic N) is 2. The van der Waals surface area contributed by atoms with Crippen molar-refractivity contribution in [3.63, 3.8) is 0 Å². The lowest BCUT2D eigenvalue weighted by atomic mass is 10.1. The van der Waals surface area contributed by atoms with Gasteiger partial charge in [-0.2, -0.15) is 0 Å². The van der Waals surface area contributed by atoms with Crippen LogP contribution in [0.1, 0.15) is 33.7 Å². The van der Waals surface area contributed by atoms with Crippen molar-refractivity contribution in [3.05, 3.63) is 100 Å². The minimum atomic E-state index is -0.332. The smallest absolute Gasteiger partial charge is 0.251 e. The lowest BCUT2D eigenvalue weighted by Crippen LogP contribution is -2.25. The van der Waals surface area contributed by atoms with Crippen molar-refractivity contribution in [2.75, 3.05) is 6.54 Å². The summed E-state index contributed by atoms with van der Waals surface area (Å²) in [6.45, 7) is 2.75. The Hall–Kier alpha value is -3.18. The molecule has 4 rings (SSSR count). The molecular weight excluding hydrogens is 413 g/mol. The van der Waals surface area contributed by atoms with E-state index in [1.54, 1.807) is 12.1 Å². The summed E-state index contributed by atoms with van der Waals surface area (Å²) in [5, 5.41) is 3.37. The Morgan fingerprint density at radius 1 is 1.06 bits per heavy atom. The molecule has 0 bridgehead atoms. The summed E-state index contributed by atoms with van der Waals surface area (Å²) in [6.07, 6.45) is 1.36. The van der Waals surface area contributed by atoms with E-state index in [0.29, 0.717) is 42.1 Å². The number of nitrogens with one attached hydrogen (secondary N) is 1. The van der Waals surface area contributed by atoms with Gasteiger partial charge in [0.15, 0.2) is 0 Å². The molecule has 4 nitrogen and oxygen atoms in total. The van der Waals surface area contributed by atoms with Gasteiger partial charge in [0.1, 0.15) is 11.6 Å². The fraction of sp³-hybridized carbons (Fsp3) is 0.200. The van der Waals surface area contributed by atoms with Crippen molar-refractivity contribution in [1.82, 2.24) is 14.9 Å². The van der Waals surface area contributed by atoms with Crippen molar-refractivity contribution in [2.45, 2.75) is 26.3 Å². The van der Waals surface area contributed by atoms with Gasteiger partial charge in [-0.25, -0.2) is 9.37 Å². The lowest BCUT2D eigenvalue weighted by Gasteiger charge is -2.12. The van der Waals surface area contributed by atoms with Gasteiger partial charge in [0.25, 0.3) is 5.91 Å². The highest BCUT2D eigenvalue weighted by molar-refractivity contribution is 6.31. The van der Waals surface area contributed by atoms with E-state index in [9.17, 15) is 9.18 Å². The maximum absolute atomic E-state index is 14.4. The molecule has 0 atom stereocenters. The molecule has 4 aromatic rings. The molecule has 0 aliphatic heterocycles. The van der Waals surface area contributed by atoms with E-state index in [0.717, 1.165) is 22.4 Å². The van der Waals surface area contributed by atoms with Gasteiger partial charge in [-0.15, -0.1) is 0 Å². The number of amides is 1. The zero-order valence-corrected chi connectivity index (χ0v) is 18.0. The van der Waals surface area contributed by atoms with Crippen LogP contribution in [0.4, 0.5) is 4.39 Å².